The second-order valence-electron chi connectivity index (χ2n) is 6.69. The average molecular weight is 380 g/mol. The number of aliphatic imine (C=N–C) groups is 1. The summed E-state index contributed by atoms with van der Waals surface area (Å²) in [6.07, 6.45) is -1.98. The van der Waals surface area contributed by atoms with Crippen molar-refractivity contribution in [3.05, 3.63) is 53.9 Å². The molecule has 5 nitrogen and oxygen atoms in total. The van der Waals surface area contributed by atoms with Crippen molar-refractivity contribution in [1.29, 1.82) is 0 Å². The van der Waals surface area contributed by atoms with Crippen LogP contribution in [0, 0.1) is 0 Å². The lowest BCUT2D eigenvalue weighted by Gasteiger charge is -2.22. The van der Waals surface area contributed by atoms with Crippen molar-refractivity contribution in [2.75, 3.05) is 14.1 Å². The fraction of sp³-hybridized carbons (Fsp3) is 0.421. The molecule has 0 bridgehead atoms. The highest BCUT2D eigenvalue weighted by molar-refractivity contribution is 5.80. The van der Waals surface area contributed by atoms with E-state index in [1.165, 1.54) is 6.07 Å². The third-order valence-electron chi connectivity index (χ3n) is 4.67. The van der Waals surface area contributed by atoms with Crippen LogP contribution < -0.4 is 10.1 Å². The van der Waals surface area contributed by atoms with Gasteiger partial charge in [0.1, 0.15) is 5.75 Å². The maximum Gasteiger partial charge on any atom is 0.573 e. The van der Waals surface area contributed by atoms with E-state index in [2.05, 4.69) is 15.0 Å². The molecule has 1 aliphatic rings. The standard InChI is InChI=1S/C19H23F3N4O/c1-23-18(26(3)12-13-7-6-10-25(13)2)24-16-11-15(16)14-8-4-5-9-17(14)27-19(20,21)22/h4-10,15-16H,11-12H2,1-3H3,(H,23,24). The number of hydrogen-bond acceptors (Lipinski definition) is 2. The van der Waals surface area contributed by atoms with Gasteiger partial charge in [-0.3, -0.25) is 4.99 Å². The zero-order valence-corrected chi connectivity index (χ0v) is 15.5. The maximum absolute atomic E-state index is 12.6. The summed E-state index contributed by atoms with van der Waals surface area (Å²) >= 11 is 0. The van der Waals surface area contributed by atoms with Crippen molar-refractivity contribution < 1.29 is 17.9 Å². The number of alkyl halides is 3. The van der Waals surface area contributed by atoms with E-state index >= 15 is 0 Å². The fourth-order valence-corrected chi connectivity index (χ4v) is 3.19. The predicted octanol–water partition coefficient (Wildman–Crippen LogP) is 3.49. The molecule has 1 aliphatic carbocycles. The van der Waals surface area contributed by atoms with Gasteiger partial charge < -0.3 is 19.5 Å². The summed E-state index contributed by atoms with van der Waals surface area (Å²) in [5.41, 5.74) is 1.70. The zero-order valence-electron chi connectivity index (χ0n) is 15.5. The van der Waals surface area contributed by atoms with E-state index in [1.807, 2.05) is 41.9 Å². The number of aryl methyl sites for hydroxylation is 1. The first kappa shape index (κ1) is 19.1. The molecule has 1 aromatic heterocycles. The lowest BCUT2D eigenvalue weighted by molar-refractivity contribution is -0.274. The number of hydrogen-bond donors (Lipinski definition) is 1. The van der Waals surface area contributed by atoms with Gasteiger partial charge in [-0.15, -0.1) is 13.2 Å². The number of rotatable bonds is 5. The Bertz CT molecular complexity index is 815. The first-order valence-corrected chi connectivity index (χ1v) is 8.68. The molecule has 1 saturated carbocycles. The van der Waals surface area contributed by atoms with E-state index in [9.17, 15) is 13.2 Å². The highest BCUT2D eigenvalue weighted by atomic mass is 19.4. The van der Waals surface area contributed by atoms with Gasteiger partial charge in [-0.1, -0.05) is 18.2 Å². The molecule has 1 fully saturated rings. The number of halogens is 3. The normalized spacial score (nSPS) is 19.7. The van der Waals surface area contributed by atoms with Crippen molar-refractivity contribution in [3.63, 3.8) is 0 Å². The van der Waals surface area contributed by atoms with E-state index in [0.29, 0.717) is 18.1 Å². The Balaban J connectivity index is 1.64. The number of benzene rings is 1. The summed E-state index contributed by atoms with van der Waals surface area (Å²) in [6.45, 7) is 0.675. The minimum Gasteiger partial charge on any atom is -0.405 e. The zero-order chi connectivity index (χ0) is 19.6. The Hall–Kier alpha value is -2.64. The summed E-state index contributed by atoms with van der Waals surface area (Å²) in [5.74, 6) is 0.535. The molecular weight excluding hydrogens is 357 g/mol. The summed E-state index contributed by atoms with van der Waals surface area (Å²) in [4.78, 5) is 6.29. The van der Waals surface area contributed by atoms with E-state index in [-0.39, 0.29) is 17.7 Å². The summed E-state index contributed by atoms with van der Waals surface area (Å²) in [6, 6.07) is 10.4. The maximum atomic E-state index is 12.6. The Morgan fingerprint density at radius 1 is 1.30 bits per heavy atom. The minimum atomic E-state index is -4.70. The van der Waals surface area contributed by atoms with Gasteiger partial charge >= 0.3 is 6.36 Å². The molecule has 3 rings (SSSR count). The first-order valence-electron chi connectivity index (χ1n) is 8.68. The third kappa shape index (κ3) is 4.75. The average Bonchev–Trinajstić information content (AvgIpc) is 3.25. The van der Waals surface area contributed by atoms with Crippen LogP contribution >= 0.6 is 0 Å². The van der Waals surface area contributed by atoms with Gasteiger partial charge in [-0.25, -0.2) is 0 Å². The molecule has 0 spiro atoms. The molecule has 2 aromatic rings. The molecule has 0 amide bonds. The molecule has 0 aliphatic heterocycles. The quantitative estimate of drug-likeness (QED) is 0.638. The van der Waals surface area contributed by atoms with Crippen LogP contribution in [0.1, 0.15) is 23.6 Å². The molecule has 146 valence electrons. The van der Waals surface area contributed by atoms with Crippen molar-refractivity contribution in [2.45, 2.75) is 31.3 Å². The molecule has 8 heteroatoms. The van der Waals surface area contributed by atoms with Crippen LogP contribution in [0.25, 0.3) is 0 Å². The highest BCUT2D eigenvalue weighted by Crippen LogP contribution is 2.45. The van der Waals surface area contributed by atoms with Crippen molar-refractivity contribution in [1.82, 2.24) is 14.8 Å². The Morgan fingerprint density at radius 3 is 2.67 bits per heavy atom. The Kier molecular flexibility index (Phi) is 5.34. The van der Waals surface area contributed by atoms with Crippen LogP contribution in [0.2, 0.25) is 0 Å². The van der Waals surface area contributed by atoms with Crippen LogP contribution in [0.15, 0.2) is 47.6 Å². The smallest absolute Gasteiger partial charge is 0.405 e. The van der Waals surface area contributed by atoms with Crippen LogP contribution in [-0.2, 0) is 13.6 Å². The lowest BCUT2D eigenvalue weighted by atomic mass is 10.1. The van der Waals surface area contributed by atoms with Gasteiger partial charge in [0.15, 0.2) is 5.96 Å². The third-order valence-corrected chi connectivity index (χ3v) is 4.67. The molecule has 27 heavy (non-hydrogen) atoms. The molecule has 2 unspecified atom stereocenters. The highest BCUT2D eigenvalue weighted by Gasteiger charge is 2.42. The second-order valence-corrected chi connectivity index (χ2v) is 6.69. The molecule has 1 aromatic carbocycles. The Labute approximate surface area is 156 Å². The Morgan fingerprint density at radius 2 is 2.04 bits per heavy atom. The molecule has 1 N–H and O–H groups in total. The number of para-hydroxylation sites is 1. The minimum absolute atomic E-state index is 0.0255. The van der Waals surface area contributed by atoms with Gasteiger partial charge in [-0.2, -0.15) is 0 Å². The van der Waals surface area contributed by atoms with Gasteiger partial charge in [0.05, 0.1) is 6.54 Å². The number of guanidine groups is 1. The van der Waals surface area contributed by atoms with Gasteiger partial charge in [0.2, 0.25) is 0 Å². The molecule has 2 atom stereocenters. The number of nitrogens with zero attached hydrogens (tertiary/aromatic N) is 3. The molecule has 0 radical (unpaired) electrons. The SMILES string of the molecule is CN=C(NC1CC1c1ccccc1OC(F)(F)F)N(C)Cc1cccn1C. The predicted molar refractivity (Wildman–Crippen MR) is 97.6 cm³/mol. The largest absolute Gasteiger partial charge is 0.573 e. The summed E-state index contributed by atoms with van der Waals surface area (Å²) < 4.78 is 44.1. The van der Waals surface area contributed by atoms with E-state index in [0.717, 1.165) is 12.1 Å². The van der Waals surface area contributed by atoms with Crippen LogP contribution in [-0.4, -0.2) is 41.9 Å². The number of aromatic nitrogens is 1. The summed E-state index contributed by atoms with van der Waals surface area (Å²) in [5, 5.41) is 3.34. The number of nitrogens with one attached hydrogen (secondary N) is 1. The van der Waals surface area contributed by atoms with Crippen LogP contribution in [0.4, 0.5) is 13.2 Å². The fourth-order valence-electron chi connectivity index (χ4n) is 3.19. The topological polar surface area (TPSA) is 41.8 Å². The first-order chi connectivity index (χ1) is 12.8. The number of ether oxygens (including phenoxy) is 1. The molecular formula is C19H23F3N4O. The van der Waals surface area contributed by atoms with Gasteiger partial charge in [-0.05, 0) is 30.2 Å². The van der Waals surface area contributed by atoms with Crippen LogP contribution in [0.5, 0.6) is 5.75 Å². The van der Waals surface area contributed by atoms with E-state index in [4.69, 9.17) is 0 Å². The van der Waals surface area contributed by atoms with Crippen molar-refractivity contribution >= 4 is 5.96 Å². The van der Waals surface area contributed by atoms with Gasteiger partial charge in [0, 0.05) is 45.0 Å². The van der Waals surface area contributed by atoms with Crippen molar-refractivity contribution in [2.24, 2.45) is 12.0 Å². The monoisotopic (exact) mass is 380 g/mol. The van der Waals surface area contributed by atoms with Crippen LogP contribution in [0.3, 0.4) is 0 Å². The van der Waals surface area contributed by atoms with Gasteiger partial charge in [0.25, 0.3) is 0 Å². The molecule has 0 saturated heterocycles. The van der Waals surface area contributed by atoms with E-state index in [1.54, 1.807) is 25.2 Å². The van der Waals surface area contributed by atoms with Crippen molar-refractivity contribution in [3.8, 4) is 5.75 Å². The second kappa shape index (κ2) is 7.54. The summed E-state index contributed by atoms with van der Waals surface area (Å²) in [7, 11) is 5.61. The lowest BCUT2D eigenvalue weighted by Crippen LogP contribution is -2.40. The van der Waals surface area contributed by atoms with E-state index < -0.39 is 6.36 Å². The molecule has 1 heterocycles.